The minimum atomic E-state index is -0.742. The Labute approximate surface area is 170 Å². The fourth-order valence-corrected chi connectivity index (χ4v) is 3.45. The molecular formula is C18H33N5O6. The highest BCUT2D eigenvalue weighted by Gasteiger charge is 2.55. The Morgan fingerprint density at radius 1 is 1.21 bits per heavy atom. The monoisotopic (exact) mass is 415 g/mol. The van der Waals surface area contributed by atoms with Gasteiger partial charge in [-0.2, -0.15) is 0 Å². The molecule has 5 atom stereocenters. The van der Waals surface area contributed by atoms with Gasteiger partial charge in [0.15, 0.2) is 11.7 Å². The molecule has 11 heteroatoms. The van der Waals surface area contributed by atoms with Gasteiger partial charge in [-0.3, -0.25) is 14.6 Å². The number of nitrogens with zero attached hydrogens (tertiary/aromatic N) is 1. The summed E-state index contributed by atoms with van der Waals surface area (Å²) in [5, 5.41) is 5.98. The van der Waals surface area contributed by atoms with E-state index < -0.39 is 18.0 Å². The minimum absolute atomic E-state index is 0.0485. The van der Waals surface area contributed by atoms with Gasteiger partial charge in [-0.05, 0) is 20.8 Å². The first kappa shape index (κ1) is 23.3. The van der Waals surface area contributed by atoms with Gasteiger partial charge in [0.05, 0.1) is 31.7 Å². The Morgan fingerprint density at radius 3 is 2.48 bits per heavy atom. The number of carbonyl (C=O) groups excluding carboxylic acids is 2. The zero-order valence-electron chi connectivity index (χ0n) is 17.5. The summed E-state index contributed by atoms with van der Waals surface area (Å²) in [6.45, 7) is 8.51. The SMILES string of the molecule is CC(=O)O[C@H](C)CNC(=O)C[C@H]1O[C@@H](CNCCN=C(N)N)[C@H]2OC(C)(C)O[C@H]21. The average Bonchev–Trinajstić information content (AvgIpc) is 3.06. The molecule has 2 aliphatic rings. The van der Waals surface area contributed by atoms with Gasteiger partial charge in [-0.25, -0.2) is 0 Å². The molecule has 0 aromatic carbocycles. The Bertz CT molecular complexity index is 610. The Morgan fingerprint density at radius 2 is 1.86 bits per heavy atom. The topological polar surface area (TPSA) is 160 Å². The number of amides is 1. The predicted molar refractivity (Wildman–Crippen MR) is 105 cm³/mol. The predicted octanol–water partition coefficient (Wildman–Crippen LogP) is -1.41. The number of aliphatic imine (C=N–C) groups is 1. The summed E-state index contributed by atoms with van der Waals surface area (Å²) < 4.78 is 23.0. The molecule has 6 N–H and O–H groups in total. The Hall–Kier alpha value is -1.95. The van der Waals surface area contributed by atoms with Crippen LogP contribution in [0, 0.1) is 0 Å². The molecule has 0 aromatic heterocycles. The second-order valence-electron chi connectivity index (χ2n) is 7.72. The van der Waals surface area contributed by atoms with Crippen molar-refractivity contribution in [2.45, 2.75) is 70.4 Å². The first-order valence-electron chi connectivity index (χ1n) is 9.78. The van der Waals surface area contributed by atoms with Crippen LogP contribution < -0.4 is 22.1 Å². The molecule has 0 unspecified atom stereocenters. The van der Waals surface area contributed by atoms with Gasteiger partial charge in [-0.1, -0.05) is 0 Å². The molecule has 0 radical (unpaired) electrons. The number of esters is 1. The molecule has 166 valence electrons. The van der Waals surface area contributed by atoms with Crippen LogP contribution in [0.3, 0.4) is 0 Å². The van der Waals surface area contributed by atoms with Crippen molar-refractivity contribution in [1.29, 1.82) is 0 Å². The number of fused-ring (bicyclic) bond motifs is 1. The fourth-order valence-electron chi connectivity index (χ4n) is 3.45. The molecular weight excluding hydrogens is 382 g/mol. The van der Waals surface area contributed by atoms with Crippen molar-refractivity contribution in [2.75, 3.05) is 26.2 Å². The van der Waals surface area contributed by atoms with Crippen LogP contribution in [0.25, 0.3) is 0 Å². The summed E-state index contributed by atoms with van der Waals surface area (Å²) in [5.41, 5.74) is 10.6. The quantitative estimate of drug-likeness (QED) is 0.145. The molecule has 29 heavy (non-hydrogen) atoms. The molecule has 2 aliphatic heterocycles. The van der Waals surface area contributed by atoms with Gasteiger partial charge < -0.3 is 41.0 Å². The third-order valence-corrected chi connectivity index (χ3v) is 4.51. The Balaban J connectivity index is 1.85. The number of nitrogens with one attached hydrogen (secondary N) is 2. The zero-order chi connectivity index (χ0) is 21.6. The van der Waals surface area contributed by atoms with Crippen LogP contribution in [0.5, 0.6) is 0 Å². The number of hydrogen-bond acceptors (Lipinski definition) is 8. The normalized spacial score (nSPS) is 28.4. The number of rotatable bonds is 10. The molecule has 0 saturated carbocycles. The summed E-state index contributed by atoms with van der Waals surface area (Å²) in [7, 11) is 0. The van der Waals surface area contributed by atoms with Crippen molar-refractivity contribution in [1.82, 2.24) is 10.6 Å². The van der Waals surface area contributed by atoms with Gasteiger partial charge >= 0.3 is 5.97 Å². The lowest BCUT2D eigenvalue weighted by Gasteiger charge is -2.24. The smallest absolute Gasteiger partial charge is 0.302 e. The first-order valence-corrected chi connectivity index (χ1v) is 9.78. The van der Waals surface area contributed by atoms with Crippen molar-refractivity contribution in [2.24, 2.45) is 16.5 Å². The van der Waals surface area contributed by atoms with Gasteiger partial charge in [0.2, 0.25) is 5.91 Å². The molecule has 2 heterocycles. The standard InChI is InChI=1S/C18H33N5O6/c1-10(26-11(2)24)8-23-14(25)7-12-15-16(29-18(3,4)28-15)13(27-12)9-21-5-6-22-17(19)20/h10,12-13,15-16,21H,5-9H2,1-4H3,(H,23,25)(H4,19,20,22)/t10-,12-,13+,15+,16-/m1/s1. The second-order valence-corrected chi connectivity index (χ2v) is 7.72. The van der Waals surface area contributed by atoms with E-state index in [1.54, 1.807) is 6.92 Å². The van der Waals surface area contributed by atoms with E-state index in [0.717, 1.165) is 0 Å². The highest BCUT2D eigenvalue weighted by Crippen LogP contribution is 2.39. The van der Waals surface area contributed by atoms with Gasteiger partial charge in [0, 0.05) is 20.0 Å². The average molecular weight is 415 g/mol. The van der Waals surface area contributed by atoms with E-state index in [4.69, 9.17) is 30.4 Å². The number of carbonyl (C=O) groups is 2. The van der Waals surface area contributed by atoms with Crippen LogP contribution >= 0.6 is 0 Å². The van der Waals surface area contributed by atoms with E-state index in [-0.39, 0.29) is 49.1 Å². The molecule has 0 bridgehead atoms. The molecule has 0 spiro atoms. The van der Waals surface area contributed by atoms with Gasteiger partial charge in [-0.15, -0.1) is 0 Å². The van der Waals surface area contributed by atoms with E-state index in [1.807, 2.05) is 13.8 Å². The summed E-state index contributed by atoms with van der Waals surface area (Å²) in [4.78, 5) is 27.2. The summed E-state index contributed by atoms with van der Waals surface area (Å²) in [6, 6.07) is 0. The lowest BCUT2D eigenvalue weighted by atomic mass is 10.1. The minimum Gasteiger partial charge on any atom is -0.461 e. The second kappa shape index (κ2) is 10.2. The van der Waals surface area contributed by atoms with E-state index in [2.05, 4.69) is 15.6 Å². The van der Waals surface area contributed by atoms with Gasteiger partial charge in [0.25, 0.3) is 0 Å². The van der Waals surface area contributed by atoms with Gasteiger partial charge in [0.1, 0.15) is 18.3 Å². The highest BCUT2D eigenvalue weighted by molar-refractivity contribution is 5.76. The number of ether oxygens (including phenoxy) is 4. The van der Waals surface area contributed by atoms with Crippen LogP contribution in [0.15, 0.2) is 4.99 Å². The van der Waals surface area contributed by atoms with Crippen molar-refractivity contribution < 1.29 is 28.5 Å². The third kappa shape index (κ3) is 7.42. The largest absolute Gasteiger partial charge is 0.461 e. The first-order chi connectivity index (χ1) is 13.6. The molecule has 2 rings (SSSR count). The molecule has 0 aliphatic carbocycles. The van der Waals surface area contributed by atoms with Crippen LogP contribution in [0.1, 0.15) is 34.1 Å². The van der Waals surface area contributed by atoms with E-state index >= 15 is 0 Å². The molecule has 1 amide bonds. The van der Waals surface area contributed by atoms with Crippen LogP contribution in [0.2, 0.25) is 0 Å². The fraction of sp³-hybridized carbons (Fsp3) is 0.833. The number of hydrogen-bond donors (Lipinski definition) is 4. The van der Waals surface area contributed by atoms with Crippen molar-refractivity contribution in [3.63, 3.8) is 0 Å². The van der Waals surface area contributed by atoms with Crippen molar-refractivity contribution >= 4 is 17.8 Å². The van der Waals surface area contributed by atoms with Crippen LogP contribution in [0.4, 0.5) is 0 Å². The van der Waals surface area contributed by atoms with Crippen molar-refractivity contribution in [3.8, 4) is 0 Å². The summed E-state index contributed by atoms with van der Waals surface area (Å²) >= 11 is 0. The zero-order valence-corrected chi connectivity index (χ0v) is 17.5. The maximum absolute atomic E-state index is 12.3. The molecule has 11 nitrogen and oxygen atoms in total. The van der Waals surface area contributed by atoms with Crippen LogP contribution in [-0.2, 0) is 28.5 Å². The van der Waals surface area contributed by atoms with Crippen LogP contribution in [-0.4, -0.2) is 80.3 Å². The molecule has 0 aromatic rings. The lowest BCUT2D eigenvalue weighted by Crippen LogP contribution is -2.38. The molecule has 2 saturated heterocycles. The highest BCUT2D eigenvalue weighted by atomic mass is 16.8. The maximum Gasteiger partial charge on any atom is 0.302 e. The number of nitrogens with two attached hydrogens (primary N) is 2. The van der Waals surface area contributed by atoms with Crippen molar-refractivity contribution in [3.05, 3.63) is 0 Å². The summed E-state index contributed by atoms with van der Waals surface area (Å²) in [6.07, 6.45) is -1.60. The number of guanidine groups is 1. The van der Waals surface area contributed by atoms with E-state index in [0.29, 0.717) is 19.6 Å². The summed E-state index contributed by atoms with van der Waals surface area (Å²) in [5.74, 6) is -1.29. The third-order valence-electron chi connectivity index (χ3n) is 4.51. The maximum atomic E-state index is 12.3. The Kier molecular flexibility index (Phi) is 8.20. The lowest BCUT2D eigenvalue weighted by molar-refractivity contribution is -0.187. The molecule has 2 fully saturated rings. The van der Waals surface area contributed by atoms with E-state index in [9.17, 15) is 9.59 Å². The van der Waals surface area contributed by atoms with E-state index in [1.165, 1.54) is 6.92 Å².